The van der Waals surface area contributed by atoms with Crippen molar-refractivity contribution in [2.45, 2.75) is 39.5 Å². The SMILES string of the molecule is CCc1ccc(-c2ccccc2C(C)CC)cc1. The lowest BCUT2D eigenvalue weighted by molar-refractivity contribution is 0.735. The molecule has 1 atom stereocenters. The number of benzene rings is 2. The van der Waals surface area contributed by atoms with Gasteiger partial charge in [0.2, 0.25) is 0 Å². The van der Waals surface area contributed by atoms with Crippen LogP contribution in [0.25, 0.3) is 11.1 Å². The highest BCUT2D eigenvalue weighted by Gasteiger charge is 2.09. The molecule has 2 rings (SSSR count). The zero-order valence-corrected chi connectivity index (χ0v) is 11.6. The van der Waals surface area contributed by atoms with Gasteiger partial charge in [-0.1, -0.05) is 69.3 Å². The third-order valence-corrected chi connectivity index (χ3v) is 3.78. The Bertz CT molecular complexity index is 494. The van der Waals surface area contributed by atoms with Crippen molar-refractivity contribution in [1.82, 2.24) is 0 Å². The minimum absolute atomic E-state index is 0.618. The molecule has 0 radical (unpaired) electrons. The lowest BCUT2D eigenvalue weighted by Crippen LogP contribution is -1.95. The zero-order valence-electron chi connectivity index (χ0n) is 11.6. The van der Waals surface area contributed by atoms with Gasteiger partial charge >= 0.3 is 0 Å². The molecule has 0 spiro atoms. The van der Waals surface area contributed by atoms with E-state index in [9.17, 15) is 0 Å². The van der Waals surface area contributed by atoms with Gasteiger partial charge in [-0.3, -0.25) is 0 Å². The summed E-state index contributed by atoms with van der Waals surface area (Å²) in [6, 6.07) is 17.8. The molecule has 0 amide bonds. The lowest BCUT2D eigenvalue weighted by atomic mass is 9.90. The molecule has 94 valence electrons. The predicted molar refractivity (Wildman–Crippen MR) is 80.0 cm³/mol. The molecule has 0 aliphatic carbocycles. The number of rotatable bonds is 4. The molecule has 1 unspecified atom stereocenters. The smallest absolute Gasteiger partial charge is 0.0149 e. The monoisotopic (exact) mass is 238 g/mol. The van der Waals surface area contributed by atoms with Gasteiger partial charge in [0.05, 0.1) is 0 Å². The van der Waals surface area contributed by atoms with Crippen LogP contribution in [0.3, 0.4) is 0 Å². The Morgan fingerprint density at radius 1 is 0.889 bits per heavy atom. The van der Waals surface area contributed by atoms with Gasteiger partial charge in [0, 0.05) is 0 Å². The minimum Gasteiger partial charge on any atom is -0.0648 e. The van der Waals surface area contributed by atoms with E-state index in [-0.39, 0.29) is 0 Å². The van der Waals surface area contributed by atoms with Crippen LogP contribution in [0.1, 0.15) is 44.2 Å². The molecule has 0 nitrogen and oxygen atoms in total. The first-order valence-corrected chi connectivity index (χ1v) is 6.94. The molecule has 0 aliphatic heterocycles. The molecule has 0 aromatic heterocycles. The Morgan fingerprint density at radius 2 is 1.56 bits per heavy atom. The summed E-state index contributed by atoms with van der Waals surface area (Å²) in [5.74, 6) is 0.618. The van der Waals surface area contributed by atoms with E-state index < -0.39 is 0 Å². The van der Waals surface area contributed by atoms with Crippen LogP contribution >= 0.6 is 0 Å². The molecule has 0 N–H and O–H groups in total. The molecule has 0 fully saturated rings. The van der Waals surface area contributed by atoms with Gasteiger partial charge < -0.3 is 0 Å². The maximum atomic E-state index is 2.30. The summed E-state index contributed by atoms with van der Waals surface area (Å²) < 4.78 is 0. The molecule has 0 saturated carbocycles. The molecule has 18 heavy (non-hydrogen) atoms. The Hall–Kier alpha value is -1.56. The van der Waals surface area contributed by atoms with Crippen molar-refractivity contribution in [1.29, 1.82) is 0 Å². The van der Waals surface area contributed by atoms with Crippen LogP contribution in [0, 0.1) is 0 Å². The van der Waals surface area contributed by atoms with E-state index in [0.29, 0.717) is 5.92 Å². The molecular weight excluding hydrogens is 216 g/mol. The number of hydrogen-bond donors (Lipinski definition) is 0. The summed E-state index contributed by atoms with van der Waals surface area (Å²) in [6.07, 6.45) is 2.29. The summed E-state index contributed by atoms with van der Waals surface area (Å²) in [7, 11) is 0. The first kappa shape index (κ1) is 12.9. The Kier molecular flexibility index (Phi) is 4.19. The molecule has 0 aliphatic rings. The van der Waals surface area contributed by atoms with E-state index in [0.717, 1.165) is 6.42 Å². The maximum absolute atomic E-state index is 2.30. The topological polar surface area (TPSA) is 0 Å². The average Bonchev–Trinajstić information content (AvgIpc) is 2.46. The van der Waals surface area contributed by atoms with Crippen molar-refractivity contribution in [2.75, 3.05) is 0 Å². The van der Waals surface area contributed by atoms with Gasteiger partial charge in [-0.05, 0) is 41.0 Å². The van der Waals surface area contributed by atoms with Crippen LogP contribution in [-0.2, 0) is 6.42 Å². The van der Waals surface area contributed by atoms with Crippen molar-refractivity contribution in [3.63, 3.8) is 0 Å². The van der Waals surface area contributed by atoms with Gasteiger partial charge in [-0.15, -0.1) is 0 Å². The number of hydrogen-bond acceptors (Lipinski definition) is 0. The molecule has 2 aromatic carbocycles. The first-order chi connectivity index (χ1) is 8.76. The van der Waals surface area contributed by atoms with E-state index in [2.05, 4.69) is 69.3 Å². The molecule has 0 heterocycles. The second-order valence-corrected chi connectivity index (χ2v) is 4.95. The van der Waals surface area contributed by atoms with Crippen LogP contribution in [-0.4, -0.2) is 0 Å². The van der Waals surface area contributed by atoms with Gasteiger partial charge in [-0.2, -0.15) is 0 Å². The van der Waals surface area contributed by atoms with Gasteiger partial charge in [0.1, 0.15) is 0 Å². The maximum Gasteiger partial charge on any atom is -0.0149 e. The highest BCUT2D eigenvalue weighted by molar-refractivity contribution is 5.68. The Labute approximate surface area is 111 Å². The standard InChI is InChI=1S/C18H22/c1-4-14(3)17-8-6-7-9-18(17)16-12-10-15(5-2)11-13-16/h6-14H,4-5H2,1-3H3. The van der Waals surface area contributed by atoms with Gasteiger partial charge in [0.25, 0.3) is 0 Å². The van der Waals surface area contributed by atoms with Crippen molar-refractivity contribution in [3.8, 4) is 11.1 Å². The van der Waals surface area contributed by atoms with Crippen LogP contribution in [0.2, 0.25) is 0 Å². The average molecular weight is 238 g/mol. The van der Waals surface area contributed by atoms with Crippen LogP contribution in [0.4, 0.5) is 0 Å². The lowest BCUT2D eigenvalue weighted by Gasteiger charge is -2.15. The van der Waals surface area contributed by atoms with Crippen molar-refractivity contribution < 1.29 is 0 Å². The second-order valence-electron chi connectivity index (χ2n) is 4.95. The third kappa shape index (κ3) is 2.64. The third-order valence-electron chi connectivity index (χ3n) is 3.78. The molecule has 0 saturated heterocycles. The number of aryl methyl sites for hydroxylation is 1. The van der Waals surface area contributed by atoms with Crippen molar-refractivity contribution >= 4 is 0 Å². The first-order valence-electron chi connectivity index (χ1n) is 6.94. The van der Waals surface area contributed by atoms with E-state index >= 15 is 0 Å². The van der Waals surface area contributed by atoms with Crippen molar-refractivity contribution in [3.05, 3.63) is 59.7 Å². The fraction of sp³-hybridized carbons (Fsp3) is 0.333. The van der Waals surface area contributed by atoms with Gasteiger partial charge in [-0.25, -0.2) is 0 Å². The summed E-state index contributed by atoms with van der Waals surface area (Å²) >= 11 is 0. The zero-order chi connectivity index (χ0) is 13.0. The minimum atomic E-state index is 0.618. The highest BCUT2D eigenvalue weighted by atomic mass is 14.1. The quantitative estimate of drug-likeness (QED) is 0.666. The fourth-order valence-electron chi connectivity index (χ4n) is 2.33. The molecule has 2 aromatic rings. The Morgan fingerprint density at radius 3 is 2.17 bits per heavy atom. The molecule has 0 heteroatoms. The summed E-state index contributed by atoms with van der Waals surface area (Å²) in [6.45, 7) is 6.75. The predicted octanol–water partition coefficient (Wildman–Crippen LogP) is 5.43. The van der Waals surface area contributed by atoms with Crippen LogP contribution < -0.4 is 0 Å². The van der Waals surface area contributed by atoms with E-state index in [1.165, 1.54) is 28.7 Å². The second kappa shape index (κ2) is 5.86. The Balaban J connectivity index is 2.43. The summed E-state index contributed by atoms with van der Waals surface area (Å²) in [5, 5.41) is 0. The normalized spacial score (nSPS) is 12.4. The van der Waals surface area contributed by atoms with Crippen molar-refractivity contribution in [2.24, 2.45) is 0 Å². The fourth-order valence-corrected chi connectivity index (χ4v) is 2.33. The van der Waals surface area contributed by atoms with Gasteiger partial charge in [0.15, 0.2) is 0 Å². The van der Waals surface area contributed by atoms with E-state index in [1.54, 1.807) is 0 Å². The summed E-state index contributed by atoms with van der Waals surface area (Å²) in [4.78, 5) is 0. The summed E-state index contributed by atoms with van der Waals surface area (Å²) in [5.41, 5.74) is 5.58. The molecule has 0 bridgehead atoms. The van der Waals surface area contributed by atoms with E-state index in [4.69, 9.17) is 0 Å². The van der Waals surface area contributed by atoms with E-state index in [1.807, 2.05) is 0 Å². The van der Waals surface area contributed by atoms with Crippen LogP contribution in [0.5, 0.6) is 0 Å². The largest absolute Gasteiger partial charge is 0.0648 e. The highest BCUT2D eigenvalue weighted by Crippen LogP contribution is 2.30. The molecular formula is C18H22. The van der Waals surface area contributed by atoms with Crippen LogP contribution in [0.15, 0.2) is 48.5 Å².